The van der Waals surface area contributed by atoms with Crippen LogP contribution < -0.4 is 10.2 Å². The Bertz CT molecular complexity index is 1220. The number of hydrogen-bond acceptors (Lipinski definition) is 5. The first-order valence-corrected chi connectivity index (χ1v) is 13.9. The maximum atomic E-state index is 13.5. The van der Waals surface area contributed by atoms with Crippen LogP contribution in [0.25, 0.3) is 16.2 Å². The van der Waals surface area contributed by atoms with E-state index >= 15 is 0 Å². The smallest absolute Gasteiger partial charge is 0.244 e. The lowest BCUT2D eigenvalue weighted by Crippen LogP contribution is -2.49. The average Bonchev–Trinajstić information content (AvgIpc) is 3.30. The van der Waals surface area contributed by atoms with Crippen molar-refractivity contribution in [1.82, 2.24) is 14.6 Å². The average molecular weight is 527 g/mol. The van der Waals surface area contributed by atoms with Gasteiger partial charge >= 0.3 is 0 Å². The van der Waals surface area contributed by atoms with Gasteiger partial charge in [-0.3, -0.25) is 9.69 Å². The van der Waals surface area contributed by atoms with Crippen LogP contribution in [0.2, 0.25) is 5.02 Å². The Kier molecular flexibility index (Phi) is 8.19. The monoisotopic (exact) mass is 526 g/mol. The highest BCUT2D eigenvalue weighted by Crippen LogP contribution is 2.33. The second kappa shape index (κ2) is 11.7. The van der Waals surface area contributed by atoms with Crippen molar-refractivity contribution >= 4 is 51.0 Å². The number of hydrogen-bond donors (Lipinski definition) is 1. The van der Waals surface area contributed by atoms with E-state index in [9.17, 15) is 9.18 Å². The van der Waals surface area contributed by atoms with E-state index in [0.29, 0.717) is 16.9 Å². The highest BCUT2D eigenvalue weighted by molar-refractivity contribution is 7.13. The van der Waals surface area contributed by atoms with Crippen LogP contribution in [0.1, 0.15) is 31.2 Å². The Balaban J connectivity index is 1.11. The van der Waals surface area contributed by atoms with Crippen molar-refractivity contribution in [2.45, 2.75) is 25.7 Å². The van der Waals surface area contributed by atoms with Crippen molar-refractivity contribution in [3.05, 3.63) is 64.9 Å². The fraction of sp³-hybridized carbons (Fsp3) is 0.429. The number of anilines is 1. The Morgan fingerprint density at radius 2 is 1.92 bits per heavy atom. The van der Waals surface area contributed by atoms with Gasteiger partial charge in [0.25, 0.3) is 0 Å². The van der Waals surface area contributed by atoms with Crippen molar-refractivity contribution in [2.75, 3.05) is 44.2 Å². The first-order chi connectivity index (χ1) is 17.5. The van der Waals surface area contributed by atoms with Crippen LogP contribution in [-0.2, 0) is 4.79 Å². The number of nitrogens with zero attached hydrogens (tertiary/aromatic N) is 3. The van der Waals surface area contributed by atoms with E-state index in [2.05, 4.69) is 19.5 Å². The fourth-order valence-corrected chi connectivity index (χ4v) is 6.49. The van der Waals surface area contributed by atoms with E-state index in [4.69, 9.17) is 11.6 Å². The normalized spacial score (nSPS) is 21.3. The topological polar surface area (TPSA) is 48.5 Å². The number of fused-ring (bicyclic) bond motifs is 1. The van der Waals surface area contributed by atoms with E-state index in [1.54, 1.807) is 18.2 Å². The number of piperazine rings is 1. The van der Waals surface area contributed by atoms with Crippen LogP contribution in [0.15, 0.2) is 48.5 Å². The molecule has 2 aliphatic rings. The first kappa shape index (κ1) is 25.2. The van der Waals surface area contributed by atoms with Gasteiger partial charge in [-0.25, -0.2) is 4.39 Å². The molecule has 190 valence electrons. The predicted molar refractivity (Wildman–Crippen MR) is 147 cm³/mol. The number of rotatable bonds is 7. The van der Waals surface area contributed by atoms with E-state index in [-0.39, 0.29) is 11.7 Å². The highest BCUT2D eigenvalue weighted by Gasteiger charge is 2.29. The number of aromatic nitrogens is 1. The highest BCUT2D eigenvalue weighted by atomic mass is 35.5. The minimum absolute atomic E-state index is 0.0525. The quantitative estimate of drug-likeness (QED) is 0.392. The molecule has 3 aromatic rings. The number of nitrogens with one attached hydrogen (secondary N) is 1. The Hall–Kier alpha value is -2.48. The lowest BCUT2D eigenvalue weighted by atomic mass is 9.78. The molecule has 0 unspecified atom stereocenters. The van der Waals surface area contributed by atoms with Crippen LogP contribution in [-0.4, -0.2) is 54.4 Å². The molecule has 36 heavy (non-hydrogen) atoms. The van der Waals surface area contributed by atoms with Gasteiger partial charge in [-0.1, -0.05) is 36.6 Å². The minimum atomic E-state index is -0.210. The molecule has 8 heteroatoms. The predicted octanol–water partition coefficient (Wildman–Crippen LogP) is 5.85. The number of carbonyl (C=O) groups excluding carboxylic acids is 1. The Morgan fingerprint density at radius 1 is 1.11 bits per heavy atom. The van der Waals surface area contributed by atoms with Gasteiger partial charge in [0.1, 0.15) is 11.6 Å². The number of halogens is 2. The number of benzene rings is 2. The van der Waals surface area contributed by atoms with E-state index in [1.165, 1.54) is 43.3 Å². The zero-order chi connectivity index (χ0) is 24.9. The molecular weight excluding hydrogens is 495 g/mol. The van der Waals surface area contributed by atoms with Gasteiger partial charge in [-0.15, -0.1) is 0 Å². The zero-order valence-corrected chi connectivity index (χ0v) is 21.9. The van der Waals surface area contributed by atoms with Gasteiger partial charge in [0.05, 0.1) is 4.70 Å². The lowest BCUT2D eigenvalue weighted by molar-refractivity contribution is -0.116. The largest absolute Gasteiger partial charge is 0.353 e. The maximum absolute atomic E-state index is 13.5. The van der Waals surface area contributed by atoms with E-state index in [1.807, 2.05) is 30.3 Å². The van der Waals surface area contributed by atoms with Crippen LogP contribution in [0.5, 0.6) is 0 Å². The summed E-state index contributed by atoms with van der Waals surface area (Å²) in [7, 11) is 0. The summed E-state index contributed by atoms with van der Waals surface area (Å²) < 4.78 is 19.1. The third-order valence-corrected chi connectivity index (χ3v) is 8.49. The van der Waals surface area contributed by atoms with Gasteiger partial charge < -0.3 is 10.2 Å². The Labute approximate surface area is 221 Å². The molecule has 2 aromatic carbocycles. The van der Waals surface area contributed by atoms with Gasteiger partial charge in [0.15, 0.2) is 0 Å². The molecule has 1 aliphatic heterocycles. The number of carbonyl (C=O) groups is 1. The van der Waals surface area contributed by atoms with Gasteiger partial charge in [-0.05, 0) is 78.2 Å². The maximum Gasteiger partial charge on any atom is 0.244 e. The Morgan fingerprint density at radius 3 is 2.72 bits per heavy atom. The fourth-order valence-electron chi connectivity index (χ4n) is 5.47. The molecule has 1 N–H and O–H groups in total. The van der Waals surface area contributed by atoms with Crippen molar-refractivity contribution in [2.24, 2.45) is 11.8 Å². The molecule has 1 aromatic heterocycles. The molecular formula is C28H32ClFN4OS. The molecule has 1 saturated heterocycles. The summed E-state index contributed by atoms with van der Waals surface area (Å²) in [5.74, 6) is 1.84. The molecule has 1 aliphatic carbocycles. The minimum Gasteiger partial charge on any atom is -0.353 e. The lowest BCUT2D eigenvalue weighted by Gasteiger charge is -2.40. The standard InChI is InChI=1S/C28H32ClFN4OS/c29-23-7-3-4-20(16-23)8-11-27(35)31-18-21-5-1-2-6-22(21)19-33-12-14-34(15-13-33)28-25-10-9-24(30)17-26(25)36-32-28/h3-4,7-11,16-17,21-22H,1-2,5-6,12-15,18-19H2,(H,31,35)/b11-8+/t21-,22-/m0/s1. The molecule has 2 atom stereocenters. The molecule has 0 radical (unpaired) electrons. The second-order valence-electron chi connectivity index (χ2n) is 9.87. The zero-order valence-electron chi connectivity index (χ0n) is 20.3. The molecule has 0 bridgehead atoms. The molecule has 1 amide bonds. The molecule has 1 saturated carbocycles. The van der Waals surface area contributed by atoms with Crippen molar-refractivity contribution in [3.8, 4) is 0 Å². The molecule has 0 spiro atoms. The van der Waals surface area contributed by atoms with Crippen LogP contribution in [0, 0.1) is 17.7 Å². The third kappa shape index (κ3) is 6.25. The first-order valence-electron chi connectivity index (χ1n) is 12.8. The summed E-state index contributed by atoms with van der Waals surface area (Å²) in [6.45, 7) is 5.66. The van der Waals surface area contributed by atoms with Crippen molar-refractivity contribution in [3.63, 3.8) is 0 Å². The van der Waals surface area contributed by atoms with Gasteiger partial charge in [-0.2, -0.15) is 4.37 Å². The van der Waals surface area contributed by atoms with E-state index in [0.717, 1.165) is 60.7 Å². The van der Waals surface area contributed by atoms with Gasteiger partial charge in [0.2, 0.25) is 5.91 Å². The molecule has 5 rings (SSSR count). The van der Waals surface area contributed by atoms with Crippen LogP contribution in [0.4, 0.5) is 10.2 Å². The second-order valence-corrected chi connectivity index (χ2v) is 11.1. The van der Waals surface area contributed by atoms with E-state index < -0.39 is 0 Å². The number of amides is 1. The summed E-state index contributed by atoms with van der Waals surface area (Å²) in [6.07, 6.45) is 8.30. The summed E-state index contributed by atoms with van der Waals surface area (Å²) in [5.41, 5.74) is 0.921. The van der Waals surface area contributed by atoms with Crippen molar-refractivity contribution in [1.29, 1.82) is 0 Å². The molecule has 2 fully saturated rings. The summed E-state index contributed by atoms with van der Waals surface area (Å²) in [5, 5.41) is 4.84. The summed E-state index contributed by atoms with van der Waals surface area (Å²) in [4.78, 5) is 17.3. The summed E-state index contributed by atoms with van der Waals surface area (Å²) in [6, 6.07) is 12.4. The SMILES string of the molecule is O=C(/C=C/c1cccc(Cl)c1)NC[C@@H]1CCCC[C@H]1CN1CCN(c2nsc3cc(F)ccc23)CC1. The molecule has 2 heterocycles. The third-order valence-electron chi connectivity index (χ3n) is 7.46. The van der Waals surface area contributed by atoms with Crippen molar-refractivity contribution < 1.29 is 9.18 Å². The summed E-state index contributed by atoms with van der Waals surface area (Å²) >= 11 is 7.40. The van der Waals surface area contributed by atoms with Gasteiger partial charge in [0, 0.05) is 55.8 Å². The molecule has 5 nitrogen and oxygen atoms in total. The van der Waals surface area contributed by atoms with Crippen LogP contribution in [0.3, 0.4) is 0 Å². The van der Waals surface area contributed by atoms with Crippen LogP contribution >= 0.6 is 23.1 Å².